The van der Waals surface area contributed by atoms with Crippen molar-refractivity contribution in [1.82, 2.24) is 4.90 Å². The van der Waals surface area contributed by atoms with Crippen LogP contribution in [-0.4, -0.2) is 43.2 Å². The molecule has 4 nitrogen and oxygen atoms in total. The summed E-state index contributed by atoms with van der Waals surface area (Å²) in [7, 11) is 0. The lowest BCUT2D eigenvalue weighted by atomic mass is 9.95. The predicted molar refractivity (Wildman–Crippen MR) is 71.3 cm³/mol. The van der Waals surface area contributed by atoms with Crippen LogP contribution in [0.3, 0.4) is 0 Å². The second-order valence-corrected chi connectivity index (χ2v) is 4.79. The maximum Gasteiger partial charge on any atom is 0.248 e. The molecule has 1 amide bonds. The summed E-state index contributed by atoms with van der Waals surface area (Å²) in [6.45, 7) is 6.56. The largest absolute Gasteiger partial charge is 0.369 e. The van der Waals surface area contributed by atoms with Crippen molar-refractivity contribution in [1.29, 1.82) is 0 Å². The number of piperidine rings is 1. The molecule has 0 aromatic rings. The number of carbonyl (C=O) groups excluding carboxylic acids is 1. The number of hydrogen-bond donors (Lipinski definition) is 1. The van der Waals surface area contributed by atoms with E-state index in [9.17, 15) is 4.79 Å². The molecule has 1 rings (SSSR count). The second kappa shape index (κ2) is 8.72. The Balaban J connectivity index is 0.00000256. The normalized spacial score (nSPS) is 20.2. The molecule has 0 aromatic carbocycles. The first-order valence-electron chi connectivity index (χ1n) is 6.23. The van der Waals surface area contributed by atoms with Crippen molar-refractivity contribution in [3.05, 3.63) is 0 Å². The quantitative estimate of drug-likeness (QED) is 0.817. The van der Waals surface area contributed by atoms with Crippen molar-refractivity contribution >= 4 is 18.3 Å². The third kappa shape index (κ3) is 6.24. The fraction of sp³-hybridized carbons (Fsp3) is 0.917. The zero-order valence-electron chi connectivity index (χ0n) is 10.9. The minimum atomic E-state index is 0. The van der Waals surface area contributed by atoms with Gasteiger partial charge in [0.15, 0.2) is 0 Å². The van der Waals surface area contributed by atoms with Gasteiger partial charge in [-0.25, -0.2) is 0 Å². The summed E-state index contributed by atoms with van der Waals surface area (Å²) < 4.78 is 5.34. The highest BCUT2D eigenvalue weighted by Crippen LogP contribution is 2.19. The lowest BCUT2D eigenvalue weighted by Crippen LogP contribution is -2.42. The van der Waals surface area contributed by atoms with Gasteiger partial charge in [0.2, 0.25) is 5.91 Å². The molecule has 1 unspecified atom stereocenters. The molecule has 0 aromatic heterocycles. The Morgan fingerprint density at radius 2 is 2.24 bits per heavy atom. The minimum absolute atomic E-state index is 0. The minimum Gasteiger partial charge on any atom is -0.369 e. The van der Waals surface area contributed by atoms with E-state index in [0.717, 1.165) is 32.5 Å². The van der Waals surface area contributed by atoms with Gasteiger partial charge in [0, 0.05) is 13.1 Å². The SMILES string of the molecule is CC(C)OCC(=O)N1CCCC(CCN)C1.Cl. The van der Waals surface area contributed by atoms with Gasteiger partial charge in [-0.2, -0.15) is 0 Å². The summed E-state index contributed by atoms with van der Waals surface area (Å²) in [5.74, 6) is 0.706. The van der Waals surface area contributed by atoms with Gasteiger partial charge in [0.25, 0.3) is 0 Å². The molecular formula is C12H25ClN2O2. The number of nitrogens with two attached hydrogens (primary N) is 1. The number of hydrogen-bond acceptors (Lipinski definition) is 3. The number of likely N-dealkylation sites (tertiary alicyclic amines) is 1. The maximum absolute atomic E-state index is 11.8. The Morgan fingerprint density at radius 1 is 1.53 bits per heavy atom. The van der Waals surface area contributed by atoms with Crippen molar-refractivity contribution in [3.8, 4) is 0 Å². The lowest BCUT2D eigenvalue weighted by molar-refractivity contribution is -0.139. The molecule has 102 valence electrons. The Bertz CT molecular complexity index is 223. The zero-order valence-corrected chi connectivity index (χ0v) is 11.7. The number of halogens is 1. The molecule has 1 aliphatic rings. The molecule has 0 saturated carbocycles. The van der Waals surface area contributed by atoms with Crippen molar-refractivity contribution in [2.75, 3.05) is 26.2 Å². The Hall–Kier alpha value is -0.320. The van der Waals surface area contributed by atoms with Gasteiger partial charge in [-0.15, -0.1) is 12.4 Å². The molecule has 1 atom stereocenters. The maximum atomic E-state index is 11.8. The van der Waals surface area contributed by atoms with Crippen LogP contribution >= 0.6 is 12.4 Å². The monoisotopic (exact) mass is 264 g/mol. The van der Waals surface area contributed by atoms with Crippen LogP contribution in [0.4, 0.5) is 0 Å². The number of carbonyl (C=O) groups is 1. The van der Waals surface area contributed by atoms with Crippen LogP contribution in [0.1, 0.15) is 33.1 Å². The van der Waals surface area contributed by atoms with Crippen molar-refractivity contribution in [3.63, 3.8) is 0 Å². The molecule has 5 heteroatoms. The first-order chi connectivity index (χ1) is 7.63. The molecule has 1 heterocycles. The van der Waals surface area contributed by atoms with E-state index in [4.69, 9.17) is 10.5 Å². The summed E-state index contributed by atoms with van der Waals surface area (Å²) in [5, 5.41) is 0. The summed E-state index contributed by atoms with van der Waals surface area (Å²) >= 11 is 0. The molecule has 0 aliphatic carbocycles. The van der Waals surface area contributed by atoms with Gasteiger partial charge < -0.3 is 15.4 Å². The first kappa shape index (κ1) is 16.7. The third-order valence-electron chi connectivity index (χ3n) is 2.99. The van der Waals surface area contributed by atoms with Gasteiger partial charge in [0.1, 0.15) is 6.61 Å². The van der Waals surface area contributed by atoms with E-state index in [2.05, 4.69) is 0 Å². The zero-order chi connectivity index (χ0) is 12.0. The van der Waals surface area contributed by atoms with E-state index in [1.54, 1.807) is 0 Å². The average molecular weight is 265 g/mol. The third-order valence-corrected chi connectivity index (χ3v) is 2.99. The highest BCUT2D eigenvalue weighted by atomic mass is 35.5. The molecule has 1 aliphatic heterocycles. The summed E-state index contributed by atoms with van der Waals surface area (Å²) in [6, 6.07) is 0. The number of ether oxygens (including phenoxy) is 1. The molecule has 1 saturated heterocycles. The van der Waals surface area contributed by atoms with Crippen molar-refractivity contribution in [2.24, 2.45) is 11.7 Å². The highest BCUT2D eigenvalue weighted by Gasteiger charge is 2.23. The first-order valence-corrected chi connectivity index (χ1v) is 6.23. The van der Waals surface area contributed by atoms with E-state index in [1.165, 1.54) is 6.42 Å². The fourth-order valence-corrected chi connectivity index (χ4v) is 2.09. The molecule has 17 heavy (non-hydrogen) atoms. The fourth-order valence-electron chi connectivity index (χ4n) is 2.09. The van der Waals surface area contributed by atoms with E-state index < -0.39 is 0 Å². The van der Waals surface area contributed by atoms with Crippen LogP contribution in [0.2, 0.25) is 0 Å². The van der Waals surface area contributed by atoms with Crippen LogP contribution in [0, 0.1) is 5.92 Å². The molecule has 0 radical (unpaired) electrons. The summed E-state index contributed by atoms with van der Waals surface area (Å²) in [4.78, 5) is 13.7. The van der Waals surface area contributed by atoms with E-state index in [0.29, 0.717) is 5.92 Å². The molecule has 0 spiro atoms. The smallest absolute Gasteiger partial charge is 0.248 e. The lowest BCUT2D eigenvalue weighted by Gasteiger charge is -2.32. The van der Waals surface area contributed by atoms with E-state index >= 15 is 0 Å². The van der Waals surface area contributed by atoms with Gasteiger partial charge in [-0.1, -0.05) is 0 Å². The molecule has 0 bridgehead atoms. The number of rotatable bonds is 5. The van der Waals surface area contributed by atoms with Gasteiger partial charge >= 0.3 is 0 Å². The Morgan fingerprint density at radius 3 is 2.82 bits per heavy atom. The van der Waals surface area contributed by atoms with E-state index in [-0.39, 0.29) is 31.0 Å². The molecular weight excluding hydrogens is 240 g/mol. The predicted octanol–water partition coefficient (Wildman–Crippen LogP) is 1.42. The topological polar surface area (TPSA) is 55.6 Å². The molecule has 1 fully saturated rings. The average Bonchev–Trinajstić information content (AvgIpc) is 2.26. The van der Waals surface area contributed by atoms with Crippen LogP contribution < -0.4 is 5.73 Å². The Kier molecular flexibility index (Phi) is 8.56. The van der Waals surface area contributed by atoms with Gasteiger partial charge in [0.05, 0.1) is 6.10 Å². The standard InChI is InChI=1S/C12H24N2O2.ClH/c1-10(2)16-9-12(15)14-7-3-4-11(8-14)5-6-13;/h10-11H,3-9,13H2,1-2H3;1H. The van der Waals surface area contributed by atoms with E-state index in [1.807, 2.05) is 18.7 Å². The van der Waals surface area contributed by atoms with Crippen LogP contribution in [0.25, 0.3) is 0 Å². The summed E-state index contributed by atoms with van der Waals surface area (Å²) in [5.41, 5.74) is 5.55. The summed E-state index contributed by atoms with van der Waals surface area (Å²) in [6.07, 6.45) is 3.44. The Labute approximate surface area is 110 Å². The second-order valence-electron chi connectivity index (χ2n) is 4.79. The van der Waals surface area contributed by atoms with Crippen LogP contribution in [0.5, 0.6) is 0 Å². The van der Waals surface area contributed by atoms with Gasteiger partial charge in [-0.3, -0.25) is 4.79 Å². The number of nitrogens with zero attached hydrogens (tertiary/aromatic N) is 1. The van der Waals surface area contributed by atoms with Crippen molar-refractivity contribution < 1.29 is 9.53 Å². The van der Waals surface area contributed by atoms with Crippen LogP contribution in [0.15, 0.2) is 0 Å². The van der Waals surface area contributed by atoms with Gasteiger partial charge in [-0.05, 0) is 45.6 Å². The highest BCUT2D eigenvalue weighted by molar-refractivity contribution is 5.85. The van der Waals surface area contributed by atoms with Crippen LogP contribution in [-0.2, 0) is 9.53 Å². The van der Waals surface area contributed by atoms with Crippen molar-refractivity contribution in [2.45, 2.75) is 39.2 Å². The number of amides is 1. The molecule has 2 N–H and O–H groups in total.